The average molecular weight is 347 g/mol. The number of para-hydroxylation sites is 1. The number of ether oxygens (including phenoxy) is 2. The van der Waals surface area contributed by atoms with Crippen molar-refractivity contribution in [1.29, 1.82) is 0 Å². The predicted octanol–water partition coefficient (Wildman–Crippen LogP) is 3.31. The highest BCUT2D eigenvalue weighted by molar-refractivity contribution is 5.94. The summed E-state index contributed by atoms with van der Waals surface area (Å²) in [5.74, 6) is 0.309. The molecule has 0 N–H and O–H groups in total. The van der Waals surface area contributed by atoms with Crippen molar-refractivity contribution in [2.45, 2.75) is 58.5 Å². The van der Waals surface area contributed by atoms with E-state index >= 15 is 0 Å². The van der Waals surface area contributed by atoms with E-state index < -0.39 is 5.97 Å². The lowest BCUT2D eigenvalue weighted by atomic mass is 9.86. The molecule has 0 bridgehead atoms. The molecule has 0 saturated carbocycles. The van der Waals surface area contributed by atoms with Gasteiger partial charge in [-0.1, -0.05) is 39.0 Å². The van der Waals surface area contributed by atoms with Crippen molar-refractivity contribution in [3.8, 4) is 5.75 Å². The van der Waals surface area contributed by atoms with Crippen LogP contribution in [0.1, 0.15) is 52.5 Å². The van der Waals surface area contributed by atoms with Gasteiger partial charge in [0.15, 0.2) is 0 Å². The second-order valence-corrected chi connectivity index (χ2v) is 7.43. The first kappa shape index (κ1) is 19.3. The maximum atomic E-state index is 12.1. The van der Waals surface area contributed by atoms with Gasteiger partial charge in [0.1, 0.15) is 18.3 Å². The summed E-state index contributed by atoms with van der Waals surface area (Å²) in [6, 6.07) is 8.14. The molecule has 1 aromatic carbocycles. The summed E-state index contributed by atoms with van der Waals surface area (Å²) in [5, 5.41) is 0. The van der Waals surface area contributed by atoms with Crippen molar-refractivity contribution in [3.63, 3.8) is 0 Å². The summed E-state index contributed by atoms with van der Waals surface area (Å²) in [6.07, 6.45) is 1.46. The van der Waals surface area contributed by atoms with E-state index in [9.17, 15) is 9.59 Å². The topological polar surface area (TPSA) is 55.8 Å². The van der Waals surface area contributed by atoms with Crippen molar-refractivity contribution < 1.29 is 19.1 Å². The van der Waals surface area contributed by atoms with Crippen molar-refractivity contribution >= 4 is 11.9 Å². The summed E-state index contributed by atoms with van der Waals surface area (Å²) in [6.45, 7) is 9.78. The predicted molar refractivity (Wildman–Crippen MR) is 96.6 cm³/mol. The van der Waals surface area contributed by atoms with Crippen LogP contribution in [-0.4, -0.2) is 42.6 Å². The Morgan fingerprint density at radius 2 is 1.80 bits per heavy atom. The van der Waals surface area contributed by atoms with Crippen molar-refractivity contribution in [2.24, 2.45) is 0 Å². The number of amides is 1. The van der Waals surface area contributed by atoms with Gasteiger partial charge in [0.05, 0.1) is 6.61 Å². The first-order valence-electron chi connectivity index (χ1n) is 9.00. The van der Waals surface area contributed by atoms with Gasteiger partial charge in [-0.3, -0.25) is 9.59 Å². The first-order chi connectivity index (χ1) is 11.8. The first-order valence-corrected chi connectivity index (χ1v) is 9.00. The van der Waals surface area contributed by atoms with Gasteiger partial charge in [-0.2, -0.15) is 0 Å². The van der Waals surface area contributed by atoms with Crippen molar-refractivity contribution in [3.05, 3.63) is 29.8 Å². The lowest BCUT2D eigenvalue weighted by Crippen LogP contribution is -2.42. The van der Waals surface area contributed by atoms with Gasteiger partial charge in [-0.05, 0) is 24.0 Å². The molecule has 138 valence electrons. The molecule has 0 spiro atoms. The largest absolute Gasteiger partial charge is 0.490 e. The molecule has 0 unspecified atom stereocenters. The van der Waals surface area contributed by atoms with Crippen molar-refractivity contribution in [1.82, 2.24) is 4.90 Å². The Hall–Kier alpha value is -2.04. The average Bonchev–Trinajstić information content (AvgIpc) is 2.55. The molecule has 1 amide bonds. The highest BCUT2D eigenvalue weighted by Crippen LogP contribution is 2.32. The number of likely N-dealkylation sites (tertiary alicyclic amines) is 1. The molecule has 0 aliphatic carbocycles. The minimum atomic E-state index is -0.454. The van der Waals surface area contributed by atoms with Gasteiger partial charge in [-0.15, -0.1) is 0 Å². The van der Waals surface area contributed by atoms with Crippen LogP contribution in [0.15, 0.2) is 24.3 Å². The zero-order chi connectivity index (χ0) is 18.4. The Morgan fingerprint density at radius 1 is 1.16 bits per heavy atom. The second-order valence-electron chi connectivity index (χ2n) is 7.43. The Balaban J connectivity index is 1.89. The molecule has 0 atom stereocenters. The summed E-state index contributed by atoms with van der Waals surface area (Å²) >= 11 is 0. The number of hydrogen-bond donors (Lipinski definition) is 0. The summed E-state index contributed by atoms with van der Waals surface area (Å²) in [5.41, 5.74) is 1.21. The highest BCUT2D eigenvalue weighted by Gasteiger charge is 2.27. The Kier molecular flexibility index (Phi) is 6.45. The van der Waals surface area contributed by atoms with E-state index in [2.05, 4.69) is 26.8 Å². The second kappa shape index (κ2) is 8.37. The fourth-order valence-corrected chi connectivity index (χ4v) is 3.04. The molecule has 1 aliphatic rings. The van der Waals surface area contributed by atoms with Crippen LogP contribution in [0.3, 0.4) is 0 Å². The Bertz CT molecular complexity index is 598. The lowest BCUT2D eigenvalue weighted by Gasteiger charge is -2.33. The van der Waals surface area contributed by atoms with E-state index in [1.807, 2.05) is 18.2 Å². The molecule has 5 heteroatoms. The highest BCUT2D eigenvalue weighted by atomic mass is 16.5. The molecular formula is C20H29NO4. The monoisotopic (exact) mass is 347 g/mol. The van der Waals surface area contributed by atoms with Crippen LogP contribution < -0.4 is 4.74 Å². The van der Waals surface area contributed by atoms with Crippen molar-refractivity contribution in [2.75, 3.05) is 19.7 Å². The molecule has 1 saturated heterocycles. The SMILES string of the molecule is CCOC(=O)CC(=O)N1CCC(Oc2ccccc2C(C)(C)C)CC1. The number of esters is 1. The van der Waals surface area contributed by atoms with E-state index in [1.54, 1.807) is 11.8 Å². The fraction of sp³-hybridized carbons (Fsp3) is 0.600. The molecular weight excluding hydrogens is 318 g/mol. The lowest BCUT2D eigenvalue weighted by molar-refractivity contribution is -0.149. The number of hydrogen-bond acceptors (Lipinski definition) is 4. The van der Waals surface area contributed by atoms with E-state index in [-0.39, 0.29) is 23.8 Å². The zero-order valence-corrected chi connectivity index (χ0v) is 15.7. The fourth-order valence-electron chi connectivity index (χ4n) is 3.04. The smallest absolute Gasteiger partial charge is 0.315 e. The van der Waals surface area contributed by atoms with Gasteiger partial charge in [0.2, 0.25) is 5.91 Å². The van der Waals surface area contributed by atoms with Crippen LogP contribution in [-0.2, 0) is 19.7 Å². The number of carbonyl (C=O) groups is 2. The Labute approximate surface area is 150 Å². The molecule has 0 aromatic heterocycles. The van der Waals surface area contributed by atoms with Gasteiger partial charge < -0.3 is 14.4 Å². The summed E-state index contributed by atoms with van der Waals surface area (Å²) in [4.78, 5) is 25.3. The van der Waals surface area contributed by atoms with Gasteiger partial charge in [-0.25, -0.2) is 0 Å². The number of rotatable bonds is 5. The maximum Gasteiger partial charge on any atom is 0.315 e. The number of piperidine rings is 1. The molecule has 1 heterocycles. The van der Waals surface area contributed by atoms with E-state index in [0.717, 1.165) is 18.6 Å². The number of benzene rings is 1. The molecule has 1 aromatic rings. The normalized spacial score (nSPS) is 15.8. The standard InChI is InChI=1S/C20H29NO4/c1-5-24-19(23)14-18(22)21-12-10-15(11-13-21)25-17-9-7-6-8-16(17)20(2,3)4/h6-9,15H,5,10-14H2,1-4H3. The number of nitrogens with zero attached hydrogens (tertiary/aromatic N) is 1. The van der Waals surface area contributed by atoms with Crippen LogP contribution in [0, 0.1) is 0 Å². The molecule has 25 heavy (non-hydrogen) atoms. The summed E-state index contributed by atoms with van der Waals surface area (Å²) < 4.78 is 11.1. The number of carbonyl (C=O) groups excluding carboxylic acids is 2. The van der Waals surface area contributed by atoms with Gasteiger partial charge >= 0.3 is 5.97 Å². The van der Waals surface area contributed by atoms with Gasteiger partial charge in [0, 0.05) is 25.9 Å². The van der Waals surface area contributed by atoms with Gasteiger partial charge in [0.25, 0.3) is 0 Å². The van der Waals surface area contributed by atoms with E-state index in [0.29, 0.717) is 19.7 Å². The third kappa shape index (κ3) is 5.48. The van der Waals surface area contributed by atoms with E-state index in [1.165, 1.54) is 5.56 Å². The third-order valence-corrected chi connectivity index (χ3v) is 4.38. The molecule has 1 aliphatic heterocycles. The third-order valence-electron chi connectivity index (χ3n) is 4.38. The molecule has 1 fully saturated rings. The summed E-state index contributed by atoms with van der Waals surface area (Å²) in [7, 11) is 0. The quantitative estimate of drug-likeness (QED) is 0.606. The van der Waals surface area contributed by atoms with Crippen LogP contribution in [0.25, 0.3) is 0 Å². The Morgan fingerprint density at radius 3 is 2.40 bits per heavy atom. The van der Waals surface area contributed by atoms with Crippen LogP contribution in [0.4, 0.5) is 0 Å². The minimum absolute atomic E-state index is 0.0207. The van der Waals surface area contributed by atoms with Crippen LogP contribution >= 0.6 is 0 Å². The molecule has 2 rings (SSSR count). The van der Waals surface area contributed by atoms with E-state index in [4.69, 9.17) is 9.47 Å². The van der Waals surface area contributed by atoms with Crippen LogP contribution in [0.2, 0.25) is 0 Å². The zero-order valence-electron chi connectivity index (χ0n) is 15.7. The maximum absolute atomic E-state index is 12.1. The minimum Gasteiger partial charge on any atom is -0.490 e. The molecule has 0 radical (unpaired) electrons. The molecule has 5 nitrogen and oxygen atoms in total. The van der Waals surface area contributed by atoms with Crippen LogP contribution in [0.5, 0.6) is 5.75 Å².